The SMILES string of the molecule is CC[C@H]1OC(=O)[C@H](C)[C@@H]2OCC(O)CO[C@@](C)(C[C@@H](C)C(=O)[C@H](C)[C@H]3NC(=O)O[C@]31C)[C@H](O[C@@H]1O[C@H](C)C[C@H](N(C)C)[C@H]1O)[C@H]2C. The zero-order valence-electron chi connectivity index (χ0n) is 29.1. The highest BCUT2D eigenvalue weighted by Gasteiger charge is 2.57. The summed E-state index contributed by atoms with van der Waals surface area (Å²) >= 11 is 0. The van der Waals surface area contributed by atoms with E-state index in [-0.39, 0.29) is 37.6 Å². The van der Waals surface area contributed by atoms with E-state index in [2.05, 4.69) is 5.32 Å². The molecule has 0 spiro atoms. The van der Waals surface area contributed by atoms with Gasteiger partial charge in [-0.05, 0) is 61.1 Å². The topological polar surface area (TPSA) is 162 Å². The van der Waals surface area contributed by atoms with Crippen LogP contribution in [0.4, 0.5) is 4.79 Å². The predicted molar refractivity (Wildman–Crippen MR) is 166 cm³/mol. The van der Waals surface area contributed by atoms with E-state index in [0.29, 0.717) is 12.8 Å². The van der Waals surface area contributed by atoms with E-state index in [4.69, 9.17) is 28.4 Å². The number of fused-ring (bicyclic) bond motifs is 4. The smallest absolute Gasteiger partial charge is 0.408 e. The van der Waals surface area contributed by atoms with Crippen molar-refractivity contribution in [1.29, 1.82) is 0 Å². The molecule has 1 unspecified atom stereocenters. The molecular formula is C33H56N2O11. The van der Waals surface area contributed by atoms with Crippen LogP contribution in [0.1, 0.15) is 74.7 Å². The standard InChI is InChI=1S/C33H56N2O11/c1-11-23-33(8)27(34-31(40)46-33)18(4)24(37)16(2)13-32(7)28(45-30-25(38)22(35(9)10)12-17(3)43-30)19(5)26(20(6)29(39)44-23)41-14-21(36)15-42-32/h16-23,25-28,30,36,38H,11-15H2,1-10H3,(H,34,40)/t16-,17-,18+,19+,20-,21?,22+,23-,25-,26-,27-,28-,30+,32+,33+/m1/s1. The van der Waals surface area contributed by atoms with E-state index in [9.17, 15) is 24.6 Å². The number of likely N-dealkylation sites (N-methyl/N-ethyl adjacent to an activating group) is 1. The molecule has 3 N–H and O–H groups in total. The maximum Gasteiger partial charge on any atom is 0.408 e. The van der Waals surface area contributed by atoms with Gasteiger partial charge < -0.3 is 48.9 Å². The number of rotatable bonds is 4. The number of cyclic esters (lactones) is 1. The first-order chi connectivity index (χ1) is 21.4. The first-order valence-corrected chi connectivity index (χ1v) is 16.8. The van der Waals surface area contributed by atoms with Crippen LogP contribution in [0.5, 0.6) is 0 Å². The summed E-state index contributed by atoms with van der Waals surface area (Å²) in [5.74, 6) is -3.44. The van der Waals surface area contributed by atoms with Gasteiger partial charge in [-0.15, -0.1) is 0 Å². The number of ether oxygens (including phenoxy) is 6. The van der Waals surface area contributed by atoms with Gasteiger partial charge in [0.1, 0.15) is 24.1 Å². The Morgan fingerprint density at radius 3 is 2.33 bits per heavy atom. The first-order valence-electron chi connectivity index (χ1n) is 16.8. The summed E-state index contributed by atoms with van der Waals surface area (Å²) in [5.41, 5.74) is -2.51. The molecule has 0 aromatic rings. The molecular weight excluding hydrogens is 600 g/mol. The molecule has 0 aliphatic carbocycles. The fraction of sp³-hybridized carbons (Fsp3) is 0.909. The second kappa shape index (κ2) is 14.3. The lowest BCUT2D eigenvalue weighted by atomic mass is 9.73. The van der Waals surface area contributed by atoms with Crippen LogP contribution in [0.3, 0.4) is 0 Å². The van der Waals surface area contributed by atoms with Crippen LogP contribution in [-0.4, -0.2) is 126 Å². The number of carbonyl (C=O) groups is 3. The molecule has 264 valence electrons. The summed E-state index contributed by atoms with van der Waals surface area (Å²) in [6.07, 6.45) is -5.38. The Labute approximate surface area is 272 Å². The molecule has 4 fully saturated rings. The average Bonchev–Trinajstić information content (AvgIpc) is 3.32. The number of esters is 1. The van der Waals surface area contributed by atoms with E-state index >= 15 is 0 Å². The van der Waals surface area contributed by atoms with Crippen molar-refractivity contribution in [1.82, 2.24) is 10.2 Å². The van der Waals surface area contributed by atoms with Gasteiger partial charge in [0.05, 0.1) is 49.1 Å². The Hall–Kier alpha value is -1.87. The van der Waals surface area contributed by atoms with Gasteiger partial charge in [0.15, 0.2) is 11.9 Å². The van der Waals surface area contributed by atoms with Crippen molar-refractivity contribution in [3.8, 4) is 0 Å². The van der Waals surface area contributed by atoms with E-state index in [0.717, 1.165) is 0 Å². The largest absolute Gasteiger partial charge is 0.458 e. The minimum absolute atomic E-state index is 0.109. The molecule has 4 aliphatic rings. The predicted octanol–water partition coefficient (Wildman–Crippen LogP) is 2.04. The molecule has 15 atom stereocenters. The summed E-state index contributed by atoms with van der Waals surface area (Å²) in [6.45, 7) is 14.2. The van der Waals surface area contributed by atoms with Crippen molar-refractivity contribution < 1.29 is 53.0 Å². The van der Waals surface area contributed by atoms with Crippen LogP contribution >= 0.6 is 0 Å². The number of nitrogens with one attached hydrogen (secondary N) is 1. The number of amides is 1. The number of nitrogens with zero attached hydrogens (tertiary/aromatic N) is 1. The number of ketones is 1. The third-order valence-electron chi connectivity index (χ3n) is 10.7. The number of aliphatic hydroxyl groups excluding tert-OH is 2. The number of Topliss-reactive ketones (excluding diaryl/α,β-unsaturated/α-hetero) is 1. The highest BCUT2D eigenvalue weighted by molar-refractivity contribution is 5.85. The third-order valence-corrected chi connectivity index (χ3v) is 10.7. The molecule has 0 saturated carbocycles. The lowest BCUT2D eigenvalue weighted by molar-refractivity contribution is -0.303. The highest BCUT2D eigenvalue weighted by Crippen LogP contribution is 2.42. The fourth-order valence-corrected chi connectivity index (χ4v) is 8.12. The van der Waals surface area contributed by atoms with Crippen LogP contribution in [0.25, 0.3) is 0 Å². The number of carbonyl (C=O) groups excluding carboxylic acids is 3. The molecule has 0 aromatic carbocycles. The molecule has 1 amide bonds. The van der Waals surface area contributed by atoms with Gasteiger partial charge in [-0.2, -0.15) is 0 Å². The Kier molecular flexibility index (Phi) is 11.5. The van der Waals surface area contributed by atoms with E-state index in [1.54, 1.807) is 20.8 Å². The summed E-state index contributed by atoms with van der Waals surface area (Å²) in [5, 5.41) is 25.1. The maximum atomic E-state index is 14.2. The molecule has 13 nitrogen and oxygen atoms in total. The zero-order chi connectivity index (χ0) is 34.3. The average molecular weight is 657 g/mol. The fourth-order valence-electron chi connectivity index (χ4n) is 8.12. The minimum atomic E-state index is -1.30. The molecule has 4 saturated heterocycles. The summed E-state index contributed by atoms with van der Waals surface area (Å²) in [6, 6.07) is -0.998. The van der Waals surface area contributed by atoms with E-state index in [1.165, 1.54) is 0 Å². The molecule has 4 heterocycles. The van der Waals surface area contributed by atoms with Crippen LogP contribution in [0, 0.1) is 23.7 Å². The molecule has 0 radical (unpaired) electrons. The Balaban J connectivity index is 1.83. The van der Waals surface area contributed by atoms with Gasteiger partial charge in [-0.3, -0.25) is 9.59 Å². The number of hydrogen-bond acceptors (Lipinski definition) is 12. The van der Waals surface area contributed by atoms with Crippen molar-refractivity contribution in [3.63, 3.8) is 0 Å². The number of aliphatic hydroxyl groups is 2. The lowest BCUT2D eigenvalue weighted by Gasteiger charge is -2.48. The molecule has 4 rings (SSSR count). The summed E-state index contributed by atoms with van der Waals surface area (Å²) < 4.78 is 37.5. The van der Waals surface area contributed by atoms with Gasteiger partial charge in [-0.1, -0.05) is 27.7 Å². The van der Waals surface area contributed by atoms with Crippen molar-refractivity contribution in [2.24, 2.45) is 23.7 Å². The van der Waals surface area contributed by atoms with Gasteiger partial charge in [0.2, 0.25) is 0 Å². The first kappa shape index (κ1) is 37.0. The lowest BCUT2D eigenvalue weighted by Crippen LogP contribution is -2.60. The number of hydrogen-bond donors (Lipinski definition) is 3. The van der Waals surface area contributed by atoms with Crippen LogP contribution < -0.4 is 5.32 Å². The Morgan fingerprint density at radius 2 is 1.70 bits per heavy atom. The molecule has 13 heteroatoms. The maximum absolute atomic E-state index is 14.2. The number of alkyl carbamates (subject to hydrolysis) is 1. The van der Waals surface area contributed by atoms with Crippen LogP contribution in [0.15, 0.2) is 0 Å². The van der Waals surface area contributed by atoms with Gasteiger partial charge in [0, 0.05) is 23.8 Å². The third kappa shape index (κ3) is 7.25. The van der Waals surface area contributed by atoms with Gasteiger partial charge in [0.25, 0.3) is 0 Å². The van der Waals surface area contributed by atoms with Crippen molar-refractivity contribution in [2.75, 3.05) is 27.3 Å². The van der Waals surface area contributed by atoms with E-state index in [1.807, 2.05) is 53.6 Å². The highest BCUT2D eigenvalue weighted by atomic mass is 16.7. The normalized spacial score (nSPS) is 47.9. The Bertz CT molecular complexity index is 1110. The molecule has 4 aliphatic heterocycles. The van der Waals surface area contributed by atoms with Crippen molar-refractivity contribution in [2.45, 2.75) is 141 Å². The zero-order valence-corrected chi connectivity index (χ0v) is 29.1. The quantitative estimate of drug-likeness (QED) is 0.378. The Morgan fingerprint density at radius 1 is 1.02 bits per heavy atom. The van der Waals surface area contributed by atoms with E-state index < -0.39 is 89.8 Å². The summed E-state index contributed by atoms with van der Waals surface area (Å²) in [7, 11) is 3.78. The van der Waals surface area contributed by atoms with Crippen LogP contribution in [0.2, 0.25) is 0 Å². The minimum Gasteiger partial charge on any atom is -0.458 e. The second-order valence-corrected chi connectivity index (χ2v) is 14.7. The monoisotopic (exact) mass is 656 g/mol. The van der Waals surface area contributed by atoms with Crippen molar-refractivity contribution in [3.05, 3.63) is 0 Å². The second-order valence-electron chi connectivity index (χ2n) is 14.7. The van der Waals surface area contributed by atoms with Crippen LogP contribution in [-0.2, 0) is 38.0 Å². The van der Waals surface area contributed by atoms with Gasteiger partial charge >= 0.3 is 12.1 Å². The van der Waals surface area contributed by atoms with Gasteiger partial charge in [-0.25, -0.2) is 4.79 Å². The molecule has 46 heavy (non-hydrogen) atoms. The molecule has 2 bridgehead atoms. The van der Waals surface area contributed by atoms with Crippen molar-refractivity contribution >= 4 is 17.8 Å². The molecule has 0 aromatic heterocycles. The summed E-state index contributed by atoms with van der Waals surface area (Å²) in [4.78, 5) is 42.6.